The van der Waals surface area contributed by atoms with Crippen molar-refractivity contribution in [2.75, 3.05) is 26.1 Å². The number of phenols is 1. The van der Waals surface area contributed by atoms with Gasteiger partial charge in [0.25, 0.3) is 5.91 Å². The third-order valence-corrected chi connectivity index (χ3v) is 7.92. The maximum absolute atomic E-state index is 13.7. The second-order valence-electron chi connectivity index (χ2n) is 10.2. The van der Waals surface area contributed by atoms with E-state index in [0.717, 1.165) is 0 Å². The molecule has 2 aromatic carbocycles. The molecule has 0 aromatic heterocycles. The van der Waals surface area contributed by atoms with Crippen LogP contribution in [0.25, 0.3) is 16.9 Å². The molecule has 6 N–H and O–H groups in total. The molecule has 1 saturated carbocycles. The lowest BCUT2D eigenvalue weighted by Crippen LogP contribution is -2.58. The summed E-state index contributed by atoms with van der Waals surface area (Å²) in [5.74, 6) is -5.87. The number of amides is 1. The van der Waals surface area contributed by atoms with Crippen molar-refractivity contribution in [2.24, 2.45) is 17.6 Å². The first-order chi connectivity index (χ1) is 17.9. The van der Waals surface area contributed by atoms with Gasteiger partial charge in [-0.3, -0.25) is 14.4 Å². The van der Waals surface area contributed by atoms with Crippen LogP contribution in [-0.4, -0.2) is 64.7 Å². The summed E-state index contributed by atoms with van der Waals surface area (Å²) in [5, 5.41) is 45.0. The number of hydrogen-bond acceptors (Lipinski definition) is 9. The predicted molar refractivity (Wildman–Crippen MR) is 138 cm³/mol. The summed E-state index contributed by atoms with van der Waals surface area (Å²) in [5.41, 5.74) is 4.07. The largest absolute Gasteiger partial charge is 0.508 e. The van der Waals surface area contributed by atoms with Crippen molar-refractivity contribution < 1.29 is 39.5 Å². The number of phenolic OH excluding ortho intramolecular Hbond substituents is 1. The Morgan fingerprint density at radius 1 is 1.11 bits per heavy atom. The smallest absolute Gasteiger partial charge is 0.255 e. The van der Waals surface area contributed by atoms with Crippen molar-refractivity contribution in [3.63, 3.8) is 0 Å². The molecule has 198 valence electrons. The fraction of sp³-hybridized carbons (Fsp3) is 0.321. The van der Waals surface area contributed by atoms with E-state index >= 15 is 0 Å². The molecule has 2 aromatic rings. The van der Waals surface area contributed by atoms with Gasteiger partial charge in [0.1, 0.15) is 28.6 Å². The van der Waals surface area contributed by atoms with E-state index in [1.54, 1.807) is 30.3 Å². The Bertz CT molecular complexity index is 1470. The number of carbonyl (C=O) groups is 3. The number of Topliss-reactive ketones (excluding diaryl/α,β-unsaturated/α-hetero) is 2. The summed E-state index contributed by atoms with van der Waals surface area (Å²) >= 11 is 0. The van der Waals surface area contributed by atoms with Gasteiger partial charge in [-0.05, 0) is 48.1 Å². The zero-order valence-corrected chi connectivity index (χ0v) is 21.1. The van der Waals surface area contributed by atoms with Crippen LogP contribution in [0.1, 0.15) is 24.0 Å². The fourth-order valence-electron chi connectivity index (χ4n) is 6.06. The molecule has 1 amide bonds. The molecular weight excluding hydrogens is 492 g/mol. The van der Waals surface area contributed by atoms with E-state index < -0.39 is 52.0 Å². The highest BCUT2D eigenvalue weighted by molar-refractivity contribution is 6.22. The van der Waals surface area contributed by atoms with Crippen LogP contribution in [0.5, 0.6) is 11.5 Å². The standard InChI is InChI=1S/C28H28N2O8/c1-30(2)18-11-16(12-4-6-15(38-3)7-5-12)23(32)21-17(18)9-13-8-14-10-19(31)22(27(29)36)26(35)28(14,37)25(34)20(13)24(21)33/h4-7,11,13-14,32-33,35,37H,8-10H2,1-3H3,(H2,29,36)/t13-,14+,28+/m1/s1. The monoisotopic (exact) mass is 520 g/mol. The molecule has 0 heterocycles. The Morgan fingerprint density at radius 2 is 1.76 bits per heavy atom. The van der Waals surface area contributed by atoms with E-state index in [-0.39, 0.29) is 36.1 Å². The number of ether oxygens (including phenoxy) is 1. The lowest BCUT2D eigenvalue weighted by Gasteiger charge is -2.46. The highest BCUT2D eigenvalue weighted by Crippen LogP contribution is 2.54. The highest BCUT2D eigenvalue weighted by atomic mass is 16.5. The summed E-state index contributed by atoms with van der Waals surface area (Å²) in [7, 11) is 5.18. The minimum absolute atomic E-state index is 0.0501. The van der Waals surface area contributed by atoms with Crippen LogP contribution in [0, 0.1) is 11.8 Å². The summed E-state index contributed by atoms with van der Waals surface area (Å²) < 4.78 is 5.21. The third-order valence-electron chi connectivity index (χ3n) is 7.92. The van der Waals surface area contributed by atoms with E-state index in [0.29, 0.717) is 28.1 Å². The molecule has 10 heteroatoms. The maximum atomic E-state index is 13.7. The first-order valence-corrected chi connectivity index (χ1v) is 12.1. The zero-order chi connectivity index (χ0) is 27.7. The highest BCUT2D eigenvalue weighted by Gasteiger charge is 2.60. The van der Waals surface area contributed by atoms with Gasteiger partial charge in [0.05, 0.1) is 12.7 Å². The fourth-order valence-corrected chi connectivity index (χ4v) is 6.06. The SMILES string of the molecule is COc1ccc(-c2cc(N(C)C)c3c(c2O)C(O)=C2C(=O)[C@]4(O)C(O)=C(C(N)=O)C(=O)C[C@@H]4C[C@@H]2C3)cc1. The number of nitrogens with zero attached hydrogens (tertiary/aromatic N) is 1. The molecular formula is C28H28N2O8. The molecule has 5 rings (SSSR count). The van der Waals surface area contributed by atoms with Gasteiger partial charge in [-0.25, -0.2) is 0 Å². The van der Waals surface area contributed by atoms with Gasteiger partial charge >= 0.3 is 0 Å². The van der Waals surface area contributed by atoms with E-state index in [9.17, 15) is 34.8 Å². The third kappa shape index (κ3) is 3.40. The normalized spacial score (nSPS) is 24.5. The van der Waals surface area contributed by atoms with Crippen LogP contribution in [0.3, 0.4) is 0 Å². The lowest BCUT2D eigenvalue weighted by atomic mass is 9.59. The molecule has 10 nitrogen and oxygen atoms in total. The lowest BCUT2D eigenvalue weighted by molar-refractivity contribution is -0.147. The molecule has 0 saturated heterocycles. The van der Waals surface area contributed by atoms with Crippen LogP contribution < -0.4 is 15.4 Å². The summed E-state index contributed by atoms with van der Waals surface area (Å²) in [6, 6.07) is 8.76. The van der Waals surface area contributed by atoms with Gasteiger partial charge in [-0.1, -0.05) is 12.1 Å². The molecule has 0 spiro atoms. The number of aliphatic hydroxyl groups is 3. The van der Waals surface area contributed by atoms with Crippen molar-refractivity contribution >= 4 is 28.9 Å². The first-order valence-electron chi connectivity index (χ1n) is 12.1. The molecule has 0 radical (unpaired) electrons. The van der Waals surface area contributed by atoms with Gasteiger partial charge < -0.3 is 35.8 Å². The Morgan fingerprint density at radius 3 is 2.34 bits per heavy atom. The van der Waals surface area contributed by atoms with Crippen LogP contribution in [-0.2, 0) is 20.8 Å². The molecule has 0 unspecified atom stereocenters. The molecule has 3 aliphatic rings. The van der Waals surface area contributed by atoms with E-state index in [1.165, 1.54) is 7.11 Å². The van der Waals surface area contributed by atoms with Crippen LogP contribution in [0.2, 0.25) is 0 Å². The van der Waals surface area contributed by atoms with Gasteiger partial charge in [-0.15, -0.1) is 0 Å². The number of fused-ring (bicyclic) bond motifs is 3. The Kier molecular flexibility index (Phi) is 5.75. The average Bonchev–Trinajstić information content (AvgIpc) is 2.86. The second kappa shape index (κ2) is 8.63. The van der Waals surface area contributed by atoms with E-state index in [2.05, 4.69) is 0 Å². The number of hydrogen-bond donors (Lipinski definition) is 5. The summed E-state index contributed by atoms with van der Waals surface area (Å²) in [4.78, 5) is 39.9. The zero-order valence-electron chi connectivity index (χ0n) is 21.1. The minimum atomic E-state index is -2.59. The van der Waals surface area contributed by atoms with Crippen LogP contribution >= 0.6 is 0 Å². The Hall–Kier alpha value is -4.31. The molecule has 1 fully saturated rings. The first kappa shape index (κ1) is 25.3. The van der Waals surface area contributed by atoms with Crippen LogP contribution in [0.15, 0.2) is 47.2 Å². The average molecular weight is 521 g/mol. The number of primary amides is 1. The molecule has 3 aliphatic carbocycles. The number of anilines is 1. The summed E-state index contributed by atoms with van der Waals surface area (Å²) in [6.07, 6.45) is -0.0424. The van der Waals surface area contributed by atoms with Crippen molar-refractivity contribution in [1.29, 1.82) is 0 Å². The number of nitrogens with two attached hydrogens (primary N) is 1. The number of benzene rings is 2. The topological polar surface area (TPSA) is 171 Å². The maximum Gasteiger partial charge on any atom is 0.255 e. The number of carbonyl (C=O) groups excluding carboxylic acids is 3. The van der Waals surface area contributed by atoms with Crippen molar-refractivity contribution in [1.82, 2.24) is 0 Å². The van der Waals surface area contributed by atoms with Crippen molar-refractivity contribution in [2.45, 2.75) is 24.9 Å². The van der Waals surface area contributed by atoms with Gasteiger partial charge in [0, 0.05) is 43.3 Å². The van der Waals surface area contributed by atoms with Gasteiger partial charge in [0.2, 0.25) is 5.78 Å². The predicted octanol–water partition coefficient (Wildman–Crippen LogP) is 2.17. The molecule has 3 atom stereocenters. The van der Waals surface area contributed by atoms with Crippen molar-refractivity contribution in [3.05, 3.63) is 58.4 Å². The van der Waals surface area contributed by atoms with Gasteiger partial charge in [-0.2, -0.15) is 0 Å². The number of methoxy groups -OCH3 is 1. The minimum Gasteiger partial charge on any atom is -0.508 e. The number of ketones is 2. The van der Waals surface area contributed by atoms with Crippen LogP contribution in [0.4, 0.5) is 5.69 Å². The number of rotatable bonds is 4. The number of aromatic hydroxyl groups is 1. The quantitative estimate of drug-likeness (QED) is 0.379. The van der Waals surface area contributed by atoms with E-state index in [4.69, 9.17) is 10.5 Å². The number of aliphatic hydroxyl groups excluding tert-OH is 2. The second-order valence-corrected chi connectivity index (χ2v) is 10.2. The Labute approximate surface area is 218 Å². The molecule has 0 bridgehead atoms. The van der Waals surface area contributed by atoms with Crippen molar-refractivity contribution in [3.8, 4) is 22.6 Å². The Balaban J connectivity index is 1.73. The molecule has 38 heavy (non-hydrogen) atoms. The van der Waals surface area contributed by atoms with E-state index in [1.807, 2.05) is 19.0 Å². The summed E-state index contributed by atoms with van der Waals surface area (Å²) in [6.45, 7) is 0. The molecule has 0 aliphatic heterocycles. The van der Waals surface area contributed by atoms with Gasteiger partial charge in [0.15, 0.2) is 11.4 Å².